The van der Waals surface area contributed by atoms with Crippen LogP contribution in [0.3, 0.4) is 0 Å². The van der Waals surface area contributed by atoms with E-state index in [0.29, 0.717) is 16.8 Å². The van der Waals surface area contributed by atoms with Crippen LogP contribution in [-0.4, -0.2) is 50.4 Å². The maximum Gasteiger partial charge on any atom is 1.00 e. The molecule has 6 N–H and O–H groups in total. The number of nitrogen functional groups attached to an aromatic ring is 1. The van der Waals surface area contributed by atoms with Gasteiger partial charge in [0, 0.05) is 32.8 Å². The molecule has 0 spiro atoms. The third kappa shape index (κ3) is 10.7. The van der Waals surface area contributed by atoms with Gasteiger partial charge < -0.3 is 5.73 Å². The van der Waals surface area contributed by atoms with Crippen LogP contribution in [0.25, 0.3) is 27.6 Å². The largest absolute Gasteiger partial charge is 1.00 e. The molecule has 0 saturated heterocycles. The summed E-state index contributed by atoms with van der Waals surface area (Å²) in [5, 5.41) is 22.1. The van der Waals surface area contributed by atoms with Crippen molar-refractivity contribution in [3.05, 3.63) is 125 Å². The summed E-state index contributed by atoms with van der Waals surface area (Å²) in [4.78, 5) is 11.7. The summed E-state index contributed by atoms with van der Waals surface area (Å²) < 4.78 is 103. The molecule has 0 fully saturated rings. The molecule has 0 bridgehead atoms. The molecule has 0 unspecified atom stereocenters. The molecule has 1 aliphatic carbocycles. The number of Topliss-reactive ketones (excluding diaryl/α,β-unsaturated/α-hetero) is 1. The topological polar surface area (TPSA) is 280 Å². The van der Waals surface area contributed by atoms with Crippen molar-refractivity contribution in [1.29, 1.82) is 0 Å². The number of azo groups is 2. The number of hydrogen-bond donors (Lipinski definition) is 5. The number of hydrogen-bond acceptors (Lipinski definition) is 14. The van der Waals surface area contributed by atoms with Gasteiger partial charge in [-0.05, 0) is 84.4 Å². The predicted molar refractivity (Wildman–Crippen MR) is 208 cm³/mol. The van der Waals surface area contributed by atoms with Crippen LogP contribution in [0.4, 0.5) is 34.1 Å². The zero-order valence-corrected chi connectivity index (χ0v) is 39.7. The van der Waals surface area contributed by atoms with Crippen LogP contribution in [0.1, 0.15) is 15.9 Å². The average Bonchev–Trinajstić information content (AvgIpc) is 3.15. The Kier molecular flexibility index (Phi) is 15.5. The Labute approximate surface area is 403 Å². The first-order chi connectivity index (χ1) is 26.5. The molecule has 59 heavy (non-hydrogen) atoms. The van der Waals surface area contributed by atoms with Crippen LogP contribution in [-0.2, 0) is 30.4 Å². The summed E-state index contributed by atoms with van der Waals surface area (Å²) in [6.45, 7) is 0. The second-order valence-electron chi connectivity index (χ2n) is 12.1. The van der Waals surface area contributed by atoms with Crippen molar-refractivity contribution in [1.82, 2.24) is 0 Å². The number of carbonyl (C=O) groups is 1. The van der Waals surface area contributed by atoms with Gasteiger partial charge in [-0.3, -0.25) is 23.9 Å². The molecule has 0 atom stereocenters. The third-order valence-electron chi connectivity index (χ3n) is 8.42. The van der Waals surface area contributed by atoms with Crippen molar-refractivity contribution >= 4 is 104 Å². The maximum absolute atomic E-state index is 13.4. The van der Waals surface area contributed by atoms with Gasteiger partial charge >= 0.3 is 88.7 Å². The summed E-state index contributed by atoms with van der Waals surface area (Å²) in [5.74, 6) is -0.889. The Morgan fingerprint density at radius 2 is 1.07 bits per heavy atom. The first-order valence-electron chi connectivity index (χ1n) is 15.9. The first kappa shape index (κ1) is 48.1. The monoisotopic (exact) mass is 880 g/mol. The number of fused-ring (bicyclic) bond motifs is 3. The Hall–Kier alpha value is -3.55. The Balaban J connectivity index is 0.00000256. The number of nitrogens with one attached hydrogen (secondary N) is 1. The minimum atomic E-state index is -4.98. The van der Waals surface area contributed by atoms with Gasteiger partial charge in [0.05, 0.1) is 38.2 Å². The molecule has 0 radical (unpaired) electrons. The summed E-state index contributed by atoms with van der Waals surface area (Å²) >= 11 is 0. The Morgan fingerprint density at radius 3 is 1.64 bits per heavy atom. The van der Waals surface area contributed by atoms with E-state index in [0.717, 1.165) is 18.2 Å². The van der Waals surface area contributed by atoms with Crippen molar-refractivity contribution in [3.8, 4) is 0 Å². The molecule has 6 aromatic rings. The molecule has 7 rings (SSSR count). The van der Waals surface area contributed by atoms with Crippen LogP contribution in [0.5, 0.6) is 0 Å². The van der Waals surface area contributed by atoms with Gasteiger partial charge in [-0.15, -0.1) is 15.3 Å². The van der Waals surface area contributed by atoms with Gasteiger partial charge in [-0.1, -0.05) is 36.4 Å². The number of anilines is 2. The molecule has 0 aliphatic heterocycles. The summed E-state index contributed by atoms with van der Waals surface area (Å²) in [5.41, 5.74) is 9.26. The van der Waals surface area contributed by atoms with E-state index in [9.17, 15) is 43.7 Å². The molecule has 0 amide bonds. The van der Waals surface area contributed by atoms with E-state index in [-0.39, 0.29) is 139 Å². The van der Waals surface area contributed by atoms with Crippen molar-refractivity contribution in [2.45, 2.75) is 9.79 Å². The molecule has 0 heterocycles. The summed E-state index contributed by atoms with van der Waals surface area (Å²) in [7, 11) is -14.4. The van der Waals surface area contributed by atoms with Crippen LogP contribution in [0.2, 0.25) is 0 Å². The molecule has 1 aliphatic rings. The van der Waals surface area contributed by atoms with Crippen molar-refractivity contribution in [2.75, 3.05) is 11.2 Å². The summed E-state index contributed by atoms with van der Waals surface area (Å²) in [6, 6.07) is 26.1. The van der Waals surface area contributed by atoms with E-state index >= 15 is 0 Å². The number of hydrazone groups is 1. The van der Waals surface area contributed by atoms with Gasteiger partial charge in [0.2, 0.25) is 5.78 Å². The minimum absolute atomic E-state index is 0. The molecule has 6 aromatic carbocycles. The van der Waals surface area contributed by atoms with E-state index in [1.165, 1.54) is 60.7 Å². The SMILES string of the molecule is Nc1ccc2c(c1)C(=O)/C(=N\Nc1ccc(N=Nc3ccc(N=Nc4ccccc4)c4ccc(S(=O)(=O)O)cc34)c3ccc(S(=O)(=O)O)cc13)C(S(=O)(=O)O)=C2.[Na+].[Na+].[Na+]. The number of allylic oxidation sites excluding steroid dienone is 1. The van der Waals surface area contributed by atoms with Crippen LogP contribution >= 0.6 is 0 Å². The predicted octanol–water partition coefficient (Wildman–Crippen LogP) is -1.20. The number of rotatable bonds is 9. The number of benzene rings is 6. The van der Waals surface area contributed by atoms with Crippen LogP contribution < -0.4 is 99.8 Å². The van der Waals surface area contributed by atoms with Crippen LogP contribution in [0, 0.1) is 0 Å². The van der Waals surface area contributed by atoms with Crippen molar-refractivity contribution in [2.24, 2.45) is 25.6 Å². The van der Waals surface area contributed by atoms with Gasteiger partial charge in [-0.2, -0.15) is 35.5 Å². The van der Waals surface area contributed by atoms with E-state index < -0.39 is 56.5 Å². The van der Waals surface area contributed by atoms with E-state index in [2.05, 4.69) is 31.0 Å². The molecule has 0 aromatic heterocycles. The number of nitrogens with two attached hydrogens (primary N) is 1. The van der Waals surface area contributed by atoms with E-state index in [4.69, 9.17) is 5.73 Å². The second-order valence-corrected chi connectivity index (χ2v) is 16.3. The third-order valence-corrected chi connectivity index (χ3v) is 11.0. The smallest absolute Gasteiger partial charge is 0.399 e. The average molecular weight is 881 g/mol. The molecule has 23 heteroatoms. The number of carbonyl (C=O) groups excluding carboxylic acids is 1. The van der Waals surface area contributed by atoms with Gasteiger partial charge in [0.1, 0.15) is 4.91 Å². The van der Waals surface area contributed by atoms with Gasteiger partial charge in [0.15, 0.2) is 5.71 Å². The number of ketones is 1. The summed E-state index contributed by atoms with van der Waals surface area (Å²) in [6.07, 6.45) is 1.05. The maximum atomic E-state index is 13.4. The quantitative estimate of drug-likeness (QED) is 0.0377. The minimum Gasteiger partial charge on any atom is -0.399 e. The fraction of sp³-hybridized carbons (Fsp3) is 0. The van der Waals surface area contributed by atoms with Crippen molar-refractivity contribution in [3.63, 3.8) is 0 Å². The zero-order valence-electron chi connectivity index (χ0n) is 31.2. The molecule has 282 valence electrons. The van der Waals surface area contributed by atoms with Crippen molar-refractivity contribution < 1.29 is 132 Å². The molecule has 0 saturated carbocycles. The van der Waals surface area contributed by atoms with E-state index in [1.54, 1.807) is 30.3 Å². The number of nitrogens with zero attached hydrogens (tertiary/aromatic N) is 5. The Morgan fingerprint density at radius 1 is 0.542 bits per heavy atom. The fourth-order valence-electron chi connectivity index (χ4n) is 5.77. The van der Waals surface area contributed by atoms with Gasteiger partial charge in [-0.25, -0.2) is 0 Å². The standard InChI is InChI=1S/C36H25N7O10S3.3Na/c37-21-7-6-20-16-34(56(51,52)53)35(36(44)27(20)17-21)43-42-33-15-13-31(26-11-9-24(19-29(26)33)55(48,49)50)40-41-32-14-12-30(39-38-22-4-2-1-3-5-22)25-10-8-23(18-28(25)32)54(45,46)47;;;/h1-19,42H,37H2,(H,45,46,47)(H,48,49,50)(H,51,52,53);;;/q;3*+1/b39-38?,41-40?,43-35-;;;. The first-order valence-corrected chi connectivity index (χ1v) is 20.2. The Bertz CT molecular complexity index is 3130. The molecule has 17 nitrogen and oxygen atoms in total. The normalized spacial score (nSPS) is 13.8. The van der Waals surface area contributed by atoms with E-state index in [1.807, 2.05) is 6.07 Å². The molecular weight excluding hydrogens is 856 g/mol. The second kappa shape index (κ2) is 19.0. The van der Waals surface area contributed by atoms with Gasteiger partial charge in [0.25, 0.3) is 30.4 Å². The fourth-order valence-corrected chi connectivity index (χ4v) is 7.44. The van der Waals surface area contributed by atoms with Crippen LogP contribution in [0.15, 0.2) is 149 Å². The molecular formula is C36H25N7Na3O10S3+3. The zero-order chi connectivity index (χ0) is 40.0.